The fourth-order valence-electron chi connectivity index (χ4n) is 8.11. The van der Waals surface area contributed by atoms with E-state index in [4.69, 9.17) is 14.2 Å². The third kappa shape index (κ3) is 4.67. The van der Waals surface area contributed by atoms with Crippen molar-refractivity contribution in [3.8, 4) is 0 Å². The normalized spacial score (nSPS) is 38.4. The van der Waals surface area contributed by atoms with Gasteiger partial charge in [0.15, 0.2) is 11.4 Å². The molecule has 9 nitrogen and oxygen atoms in total. The van der Waals surface area contributed by atoms with Gasteiger partial charge >= 0.3 is 17.9 Å². The van der Waals surface area contributed by atoms with Crippen molar-refractivity contribution in [1.29, 1.82) is 0 Å². The molecule has 4 aliphatic carbocycles. The molecule has 0 heterocycles. The highest BCUT2D eigenvalue weighted by Crippen LogP contribution is 2.77. The first-order valence-electron chi connectivity index (χ1n) is 15.1. The molecule has 0 spiro atoms. The zero-order valence-corrected chi connectivity index (χ0v) is 25.5. The number of hydrogen-bond donors (Lipinski definition) is 2. The number of hydrogen-bond acceptors (Lipinski definition) is 9. The molecule has 41 heavy (non-hydrogen) atoms. The van der Waals surface area contributed by atoms with Crippen LogP contribution in [0.3, 0.4) is 0 Å². The summed E-state index contributed by atoms with van der Waals surface area (Å²) in [5.41, 5.74) is -4.80. The Bertz CT molecular complexity index is 1170. The Hall–Kier alpha value is -2.52. The predicted octanol–water partition coefficient (Wildman–Crippen LogP) is 3.98. The molecule has 228 valence electrons. The lowest BCUT2D eigenvalue weighted by molar-refractivity contribution is -0.229. The van der Waals surface area contributed by atoms with Crippen LogP contribution in [0.2, 0.25) is 0 Å². The number of fused-ring (bicyclic) bond motifs is 5. The van der Waals surface area contributed by atoms with E-state index < -0.39 is 75.7 Å². The summed E-state index contributed by atoms with van der Waals surface area (Å²) in [4.78, 5) is 51.7. The van der Waals surface area contributed by atoms with Crippen molar-refractivity contribution < 1.29 is 43.6 Å². The first-order valence-corrected chi connectivity index (χ1v) is 15.1. The Morgan fingerprint density at radius 1 is 0.951 bits per heavy atom. The summed E-state index contributed by atoms with van der Waals surface area (Å²) in [6, 6.07) is 0. The van der Waals surface area contributed by atoms with Gasteiger partial charge in [0.05, 0.1) is 5.60 Å². The quantitative estimate of drug-likeness (QED) is 0.225. The maximum absolute atomic E-state index is 13.4. The van der Waals surface area contributed by atoms with Gasteiger partial charge in [-0.1, -0.05) is 53.7 Å². The largest absolute Gasteiger partial charge is 0.461 e. The highest BCUT2D eigenvalue weighted by Gasteiger charge is 2.87. The molecule has 0 aliphatic heterocycles. The van der Waals surface area contributed by atoms with E-state index in [-0.39, 0.29) is 32.3 Å². The molecule has 9 heteroatoms. The standard InChI is InChI=1S/C32H46O9/c1-8-11-23(33)39-17-20-15-21-26-29(6,7)32(26,41-25(35)13-10-3)28(40-24(34)12-9-2)19(5)31(21,38)22-14-18(4)27(36)30(22,37)16-20/h14-15,19,21-22,26,28,37-38H,8-13,16-17H2,1-7H3/t19-,21+,22-,26-,28-,30-,31-,32-/m1/s1. The molecular formula is C32H46O9. The van der Waals surface area contributed by atoms with Crippen LogP contribution in [0.1, 0.15) is 93.4 Å². The molecule has 4 rings (SSSR count). The van der Waals surface area contributed by atoms with Crippen LogP contribution in [0.4, 0.5) is 0 Å². The van der Waals surface area contributed by atoms with Crippen LogP contribution in [0.25, 0.3) is 0 Å². The van der Waals surface area contributed by atoms with E-state index in [1.54, 1.807) is 19.9 Å². The van der Waals surface area contributed by atoms with Crippen molar-refractivity contribution in [2.75, 3.05) is 6.61 Å². The summed E-state index contributed by atoms with van der Waals surface area (Å²) in [6.07, 6.45) is 4.66. The van der Waals surface area contributed by atoms with Gasteiger partial charge in [-0.05, 0) is 37.3 Å². The number of ketones is 1. The van der Waals surface area contributed by atoms with Gasteiger partial charge < -0.3 is 24.4 Å². The molecule has 4 aliphatic rings. The summed E-state index contributed by atoms with van der Waals surface area (Å²) < 4.78 is 17.9. The van der Waals surface area contributed by atoms with Crippen LogP contribution in [-0.2, 0) is 33.4 Å². The molecule has 2 saturated carbocycles. The molecule has 2 N–H and O–H groups in total. The first kappa shape index (κ1) is 31.4. The van der Waals surface area contributed by atoms with E-state index in [9.17, 15) is 29.4 Å². The number of carbonyl (C=O) groups excluding carboxylic acids is 4. The maximum Gasteiger partial charge on any atom is 0.306 e. The van der Waals surface area contributed by atoms with E-state index in [0.29, 0.717) is 30.4 Å². The van der Waals surface area contributed by atoms with Gasteiger partial charge in [0, 0.05) is 54.8 Å². The summed E-state index contributed by atoms with van der Waals surface area (Å²) in [5, 5.41) is 24.9. The van der Waals surface area contributed by atoms with Gasteiger partial charge in [-0.2, -0.15) is 0 Å². The van der Waals surface area contributed by atoms with Crippen molar-refractivity contribution in [2.45, 2.75) is 116 Å². The van der Waals surface area contributed by atoms with E-state index in [2.05, 4.69) is 0 Å². The third-order valence-electron chi connectivity index (χ3n) is 10.1. The number of rotatable bonds is 10. The minimum Gasteiger partial charge on any atom is -0.461 e. The lowest BCUT2D eigenvalue weighted by Crippen LogP contribution is -2.66. The number of ether oxygens (including phenoxy) is 3. The topological polar surface area (TPSA) is 136 Å². The van der Waals surface area contributed by atoms with Crippen molar-refractivity contribution in [3.63, 3.8) is 0 Å². The van der Waals surface area contributed by atoms with Gasteiger partial charge in [-0.25, -0.2) is 0 Å². The minimum atomic E-state index is -1.97. The lowest BCUT2D eigenvalue weighted by atomic mass is 9.59. The molecule has 0 saturated heterocycles. The Labute approximate surface area is 242 Å². The summed E-state index contributed by atoms with van der Waals surface area (Å²) >= 11 is 0. The van der Waals surface area contributed by atoms with Crippen molar-refractivity contribution in [2.24, 2.45) is 29.1 Å². The van der Waals surface area contributed by atoms with E-state index in [1.165, 1.54) is 0 Å². The Kier molecular flexibility index (Phi) is 8.39. The van der Waals surface area contributed by atoms with Crippen molar-refractivity contribution in [3.05, 3.63) is 23.3 Å². The zero-order valence-electron chi connectivity index (χ0n) is 25.5. The van der Waals surface area contributed by atoms with Crippen LogP contribution in [-0.4, -0.2) is 63.4 Å². The maximum atomic E-state index is 13.4. The number of carbonyl (C=O) groups is 4. The molecule has 2 fully saturated rings. The first-order chi connectivity index (χ1) is 19.2. The van der Waals surface area contributed by atoms with Crippen LogP contribution < -0.4 is 0 Å². The highest BCUT2D eigenvalue weighted by atomic mass is 16.6. The predicted molar refractivity (Wildman–Crippen MR) is 149 cm³/mol. The van der Waals surface area contributed by atoms with Crippen molar-refractivity contribution >= 4 is 23.7 Å². The molecule has 0 aromatic rings. The summed E-state index contributed by atoms with van der Waals surface area (Å²) in [5.74, 6) is -4.79. The summed E-state index contributed by atoms with van der Waals surface area (Å²) in [6.45, 7) is 12.7. The molecule has 0 amide bonds. The molecule has 0 aromatic carbocycles. The number of esters is 3. The summed E-state index contributed by atoms with van der Waals surface area (Å²) in [7, 11) is 0. The monoisotopic (exact) mass is 574 g/mol. The Morgan fingerprint density at radius 2 is 1.54 bits per heavy atom. The lowest BCUT2D eigenvalue weighted by Gasteiger charge is -2.53. The molecule has 0 aromatic heterocycles. The fraction of sp³-hybridized carbons (Fsp3) is 0.750. The zero-order chi connectivity index (χ0) is 30.5. The second-order valence-corrected chi connectivity index (χ2v) is 13.1. The SMILES string of the molecule is CCCC(=O)OCC1=C[C@H]2[C@@H]3C(C)(C)[C@]3(OC(=O)CCC)[C@H](OC(=O)CCC)[C@@H](C)[C@]2(O)[C@@H]2C=C(C)C(=O)[C@@]2(O)C1. The van der Waals surface area contributed by atoms with Gasteiger partial charge in [0.2, 0.25) is 0 Å². The number of aliphatic hydroxyl groups is 2. The molecule has 0 bridgehead atoms. The van der Waals surface area contributed by atoms with Gasteiger partial charge in [0.1, 0.15) is 18.3 Å². The van der Waals surface area contributed by atoms with Gasteiger partial charge in [0.25, 0.3) is 0 Å². The molecule has 0 unspecified atom stereocenters. The van der Waals surface area contributed by atoms with Crippen LogP contribution >= 0.6 is 0 Å². The third-order valence-corrected chi connectivity index (χ3v) is 10.1. The van der Waals surface area contributed by atoms with Crippen molar-refractivity contribution in [1.82, 2.24) is 0 Å². The highest BCUT2D eigenvalue weighted by molar-refractivity contribution is 6.04. The fourth-order valence-corrected chi connectivity index (χ4v) is 8.11. The molecule has 8 atom stereocenters. The van der Waals surface area contributed by atoms with E-state index in [0.717, 1.165) is 0 Å². The molecule has 0 radical (unpaired) electrons. The number of Topliss-reactive ketones (excluding diaryl/α,β-unsaturated/α-hetero) is 1. The Morgan fingerprint density at radius 3 is 2.15 bits per heavy atom. The Balaban J connectivity index is 1.89. The van der Waals surface area contributed by atoms with Crippen LogP contribution in [0, 0.1) is 29.1 Å². The van der Waals surface area contributed by atoms with E-state index >= 15 is 0 Å². The average molecular weight is 575 g/mol. The van der Waals surface area contributed by atoms with Gasteiger partial charge in [-0.15, -0.1) is 0 Å². The van der Waals surface area contributed by atoms with Gasteiger partial charge in [-0.3, -0.25) is 19.2 Å². The van der Waals surface area contributed by atoms with E-state index in [1.807, 2.05) is 40.7 Å². The smallest absolute Gasteiger partial charge is 0.306 e. The van der Waals surface area contributed by atoms with Crippen LogP contribution in [0.5, 0.6) is 0 Å². The minimum absolute atomic E-state index is 0.120. The van der Waals surface area contributed by atoms with Crippen LogP contribution in [0.15, 0.2) is 23.3 Å². The second kappa shape index (κ2) is 11.0. The average Bonchev–Trinajstić information content (AvgIpc) is 3.31. The molecular weight excluding hydrogens is 528 g/mol. The second-order valence-electron chi connectivity index (χ2n) is 13.1.